The summed E-state index contributed by atoms with van der Waals surface area (Å²) in [5.41, 5.74) is 3.74. The maximum atomic E-state index is 12.5. The number of thioether (sulfide) groups is 1. The van der Waals surface area contributed by atoms with Crippen LogP contribution in [0.5, 0.6) is 0 Å². The lowest BCUT2D eigenvalue weighted by atomic mass is 9.87. The average Bonchev–Trinajstić information content (AvgIpc) is 3.12. The van der Waals surface area contributed by atoms with E-state index in [0.717, 1.165) is 22.2 Å². The number of benzene rings is 2. The summed E-state index contributed by atoms with van der Waals surface area (Å²) in [5.74, 6) is 6.77. The minimum absolute atomic E-state index is 0.0728. The Morgan fingerprint density at radius 2 is 1.84 bits per heavy atom. The zero-order valence-electron chi connectivity index (χ0n) is 17.7. The van der Waals surface area contributed by atoms with Gasteiger partial charge in [0.25, 0.3) is 0 Å². The van der Waals surface area contributed by atoms with Crippen molar-refractivity contribution in [1.29, 1.82) is 0 Å². The van der Waals surface area contributed by atoms with Gasteiger partial charge in [-0.25, -0.2) is 4.68 Å². The highest BCUT2D eigenvalue weighted by Gasteiger charge is 2.17. The van der Waals surface area contributed by atoms with E-state index in [0.29, 0.717) is 11.0 Å². The Morgan fingerprint density at radius 3 is 2.58 bits per heavy atom. The van der Waals surface area contributed by atoms with Crippen molar-refractivity contribution >= 4 is 34.3 Å². The first-order valence-electron chi connectivity index (χ1n) is 9.91. The molecule has 7 nitrogen and oxygen atoms in total. The van der Waals surface area contributed by atoms with Gasteiger partial charge in [0.15, 0.2) is 5.82 Å². The lowest BCUT2D eigenvalue weighted by Gasteiger charge is -2.19. The van der Waals surface area contributed by atoms with E-state index in [9.17, 15) is 4.79 Å². The molecule has 4 aromatic rings. The van der Waals surface area contributed by atoms with E-state index in [-0.39, 0.29) is 17.1 Å². The Kier molecular flexibility index (Phi) is 5.65. The quantitative estimate of drug-likeness (QED) is 0.362. The summed E-state index contributed by atoms with van der Waals surface area (Å²) >= 11 is 1.24. The zero-order valence-corrected chi connectivity index (χ0v) is 18.5. The molecule has 0 aliphatic carbocycles. The van der Waals surface area contributed by atoms with Crippen molar-refractivity contribution in [1.82, 2.24) is 19.9 Å². The van der Waals surface area contributed by atoms with Crippen LogP contribution in [0.1, 0.15) is 26.3 Å². The smallest absolute Gasteiger partial charge is 0.234 e. The van der Waals surface area contributed by atoms with Gasteiger partial charge in [0.1, 0.15) is 0 Å². The third kappa shape index (κ3) is 4.54. The summed E-state index contributed by atoms with van der Waals surface area (Å²) in [6.45, 7) is 6.51. The minimum atomic E-state index is -0.152. The maximum absolute atomic E-state index is 12.5. The summed E-state index contributed by atoms with van der Waals surface area (Å²) in [5, 5.41) is 12.7. The van der Waals surface area contributed by atoms with Crippen LogP contribution in [0, 0.1) is 0 Å². The molecule has 8 heteroatoms. The van der Waals surface area contributed by atoms with E-state index in [4.69, 9.17) is 5.84 Å². The average molecular weight is 433 g/mol. The van der Waals surface area contributed by atoms with Gasteiger partial charge in [0, 0.05) is 17.1 Å². The van der Waals surface area contributed by atoms with E-state index in [2.05, 4.69) is 53.4 Å². The molecule has 0 spiro atoms. The molecule has 2 aromatic heterocycles. The molecule has 2 heterocycles. The van der Waals surface area contributed by atoms with Crippen molar-refractivity contribution < 1.29 is 4.79 Å². The highest BCUT2D eigenvalue weighted by Crippen LogP contribution is 2.27. The van der Waals surface area contributed by atoms with E-state index in [1.807, 2.05) is 42.5 Å². The van der Waals surface area contributed by atoms with Crippen molar-refractivity contribution in [3.05, 3.63) is 66.4 Å². The van der Waals surface area contributed by atoms with Crippen LogP contribution >= 0.6 is 11.8 Å². The summed E-state index contributed by atoms with van der Waals surface area (Å²) in [6.07, 6.45) is 1.73. The fourth-order valence-corrected chi connectivity index (χ4v) is 3.88. The van der Waals surface area contributed by atoms with Crippen LogP contribution in [0.2, 0.25) is 0 Å². The van der Waals surface area contributed by atoms with Crippen LogP contribution in [-0.2, 0) is 10.2 Å². The molecule has 0 aliphatic heterocycles. The highest BCUT2D eigenvalue weighted by molar-refractivity contribution is 7.99. The molecule has 0 atom stereocenters. The number of aromatic nitrogens is 4. The summed E-state index contributed by atoms with van der Waals surface area (Å²) in [6, 6.07) is 17.5. The zero-order chi connectivity index (χ0) is 22.0. The second-order valence-electron chi connectivity index (χ2n) is 8.22. The Morgan fingerprint density at radius 1 is 1.06 bits per heavy atom. The number of nitrogens with zero attached hydrogens (tertiary/aromatic N) is 4. The first kappa shape index (κ1) is 20.9. The van der Waals surface area contributed by atoms with Gasteiger partial charge in [-0.05, 0) is 35.2 Å². The molecular weight excluding hydrogens is 408 g/mol. The van der Waals surface area contributed by atoms with E-state index >= 15 is 0 Å². The molecule has 3 N–H and O–H groups in total. The summed E-state index contributed by atoms with van der Waals surface area (Å²) in [4.78, 5) is 16.8. The maximum Gasteiger partial charge on any atom is 0.234 e. The number of carbonyl (C=O) groups is 1. The molecule has 31 heavy (non-hydrogen) atoms. The lowest BCUT2D eigenvalue weighted by molar-refractivity contribution is -0.113. The predicted molar refractivity (Wildman–Crippen MR) is 125 cm³/mol. The summed E-state index contributed by atoms with van der Waals surface area (Å²) in [7, 11) is 0. The van der Waals surface area contributed by atoms with Crippen LogP contribution in [-0.4, -0.2) is 31.5 Å². The number of fused-ring (bicyclic) bond motifs is 1. The van der Waals surface area contributed by atoms with Crippen LogP contribution in [0.15, 0.2) is 66.0 Å². The number of nitrogens with one attached hydrogen (secondary N) is 1. The van der Waals surface area contributed by atoms with Crippen molar-refractivity contribution in [2.75, 3.05) is 16.9 Å². The number of hydrogen-bond acceptors (Lipinski definition) is 6. The first-order chi connectivity index (χ1) is 14.8. The van der Waals surface area contributed by atoms with Crippen LogP contribution in [0.4, 0.5) is 5.69 Å². The normalized spacial score (nSPS) is 11.6. The van der Waals surface area contributed by atoms with Gasteiger partial charge in [-0.3, -0.25) is 9.78 Å². The summed E-state index contributed by atoms with van der Waals surface area (Å²) < 4.78 is 1.42. The molecule has 0 bridgehead atoms. The molecule has 0 aliphatic rings. The molecule has 2 aromatic carbocycles. The van der Waals surface area contributed by atoms with Gasteiger partial charge >= 0.3 is 0 Å². The molecule has 0 unspecified atom stereocenters. The lowest BCUT2D eigenvalue weighted by Crippen LogP contribution is -2.16. The molecule has 0 fully saturated rings. The predicted octanol–water partition coefficient (Wildman–Crippen LogP) is 4.24. The number of amides is 1. The van der Waals surface area contributed by atoms with Crippen molar-refractivity contribution in [3.8, 4) is 11.4 Å². The number of nitrogen functional groups attached to an aromatic ring is 1. The van der Waals surface area contributed by atoms with Gasteiger partial charge < -0.3 is 11.2 Å². The Hall–Kier alpha value is -3.39. The van der Waals surface area contributed by atoms with Crippen LogP contribution in [0.25, 0.3) is 22.3 Å². The third-order valence-electron chi connectivity index (χ3n) is 4.93. The van der Waals surface area contributed by atoms with Gasteiger partial charge in [0.2, 0.25) is 11.1 Å². The number of carbonyl (C=O) groups excluding carboxylic acids is 1. The van der Waals surface area contributed by atoms with E-state index in [1.165, 1.54) is 22.0 Å². The second kappa shape index (κ2) is 8.39. The SMILES string of the molecule is CC(C)(C)c1ccc(-c2nnc(SCC(=O)Nc3cccc4ncccc34)n2N)cc1. The van der Waals surface area contributed by atoms with Crippen molar-refractivity contribution in [2.24, 2.45) is 0 Å². The van der Waals surface area contributed by atoms with Gasteiger partial charge in [-0.2, -0.15) is 0 Å². The van der Waals surface area contributed by atoms with Gasteiger partial charge in [-0.15, -0.1) is 10.2 Å². The highest BCUT2D eigenvalue weighted by atomic mass is 32.2. The fourth-order valence-electron chi connectivity index (χ4n) is 3.22. The van der Waals surface area contributed by atoms with Gasteiger partial charge in [0.05, 0.1) is 17.0 Å². The van der Waals surface area contributed by atoms with Crippen molar-refractivity contribution in [2.45, 2.75) is 31.3 Å². The van der Waals surface area contributed by atoms with Crippen LogP contribution < -0.4 is 11.2 Å². The number of anilines is 1. The number of rotatable bonds is 5. The Bertz CT molecular complexity index is 1220. The topological polar surface area (TPSA) is 98.7 Å². The molecule has 1 amide bonds. The number of hydrogen-bond donors (Lipinski definition) is 2. The van der Waals surface area contributed by atoms with Gasteiger partial charge in [-0.1, -0.05) is 62.9 Å². The Labute approximate surface area is 185 Å². The monoisotopic (exact) mass is 432 g/mol. The molecule has 0 saturated carbocycles. The van der Waals surface area contributed by atoms with E-state index < -0.39 is 0 Å². The molecule has 0 radical (unpaired) electrons. The largest absolute Gasteiger partial charge is 0.335 e. The first-order valence-corrected chi connectivity index (χ1v) is 10.9. The second-order valence-corrected chi connectivity index (χ2v) is 9.16. The number of pyridine rings is 1. The fraction of sp³-hybridized carbons (Fsp3) is 0.217. The number of nitrogens with two attached hydrogens (primary N) is 1. The Balaban J connectivity index is 1.44. The molecular formula is C23H24N6OS. The molecule has 4 rings (SSSR count). The molecule has 158 valence electrons. The van der Waals surface area contributed by atoms with Crippen molar-refractivity contribution in [3.63, 3.8) is 0 Å². The molecule has 0 saturated heterocycles. The van der Waals surface area contributed by atoms with E-state index in [1.54, 1.807) is 6.20 Å². The minimum Gasteiger partial charge on any atom is -0.335 e. The standard InChI is InChI=1S/C23H24N6OS/c1-23(2,3)16-11-9-15(10-12-16)21-27-28-22(29(21)24)31-14-20(30)26-19-8-4-7-18-17(19)6-5-13-25-18/h4-13H,14,24H2,1-3H3,(H,26,30). The van der Waals surface area contributed by atoms with Crippen LogP contribution in [0.3, 0.4) is 0 Å². The third-order valence-corrected chi connectivity index (χ3v) is 5.87.